The summed E-state index contributed by atoms with van der Waals surface area (Å²) in [4.78, 5) is 7.95. The molecule has 0 bridgehead atoms. The number of aromatic nitrogens is 3. The molecule has 74 valence electrons. The van der Waals surface area contributed by atoms with Crippen molar-refractivity contribution in [3.05, 3.63) is 30.4 Å². The second-order valence-electron chi connectivity index (χ2n) is 2.38. The number of alkyl halides is 1. The van der Waals surface area contributed by atoms with Crippen LogP contribution in [0.1, 0.15) is 5.89 Å². The van der Waals surface area contributed by atoms with E-state index in [9.17, 15) is 0 Å². The van der Waals surface area contributed by atoms with Crippen LogP contribution in [0.2, 0.25) is 0 Å². The Hall–Kier alpha value is -1.13. The van der Waals surface area contributed by atoms with Crippen LogP contribution in [0.3, 0.4) is 0 Å². The SMILES string of the molecule is Cl.ClCc1nc(-c2ccncc2)no1. The summed E-state index contributed by atoms with van der Waals surface area (Å²) in [7, 11) is 0. The van der Waals surface area contributed by atoms with Crippen LogP contribution < -0.4 is 0 Å². The first-order valence-electron chi connectivity index (χ1n) is 3.69. The largest absolute Gasteiger partial charge is 0.338 e. The highest BCUT2D eigenvalue weighted by Gasteiger charge is 2.06. The Balaban J connectivity index is 0.000000980. The van der Waals surface area contributed by atoms with Gasteiger partial charge in [-0.15, -0.1) is 24.0 Å². The Morgan fingerprint density at radius 1 is 1.29 bits per heavy atom. The molecule has 2 rings (SSSR count). The summed E-state index contributed by atoms with van der Waals surface area (Å²) in [5, 5.41) is 3.76. The highest BCUT2D eigenvalue weighted by Crippen LogP contribution is 2.14. The van der Waals surface area contributed by atoms with Crippen molar-refractivity contribution >= 4 is 24.0 Å². The normalized spacial score (nSPS) is 9.50. The van der Waals surface area contributed by atoms with E-state index in [1.165, 1.54) is 0 Å². The lowest BCUT2D eigenvalue weighted by atomic mass is 10.3. The molecule has 0 spiro atoms. The van der Waals surface area contributed by atoms with E-state index in [0.717, 1.165) is 5.56 Å². The average Bonchev–Trinajstić information content (AvgIpc) is 2.67. The quantitative estimate of drug-likeness (QED) is 0.745. The van der Waals surface area contributed by atoms with E-state index >= 15 is 0 Å². The topological polar surface area (TPSA) is 51.8 Å². The van der Waals surface area contributed by atoms with Crippen LogP contribution in [0.15, 0.2) is 29.0 Å². The van der Waals surface area contributed by atoms with Gasteiger partial charge in [-0.2, -0.15) is 4.98 Å². The van der Waals surface area contributed by atoms with Crippen molar-refractivity contribution in [1.29, 1.82) is 0 Å². The first-order chi connectivity index (χ1) is 6.40. The van der Waals surface area contributed by atoms with Crippen molar-refractivity contribution in [3.63, 3.8) is 0 Å². The van der Waals surface area contributed by atoms with Gasteiger partial charge >= 0.3 is 0 Å². The van der Waals surface area contributed by atoms with Crippen molar-refractivity contribution in [3.8, 4) is 11.4 Å². The molecule has 0 aliphatic heterocycles. The maximum absolute atomic E-state index is 5.52. The van der Waals surface area contributed by atoms with Gasteiger partial charge in [0.25, 0.3) is 0 Å². The van der Waals surface area contributed by atoms with Gasteiger partial charge in [0.05, 0.1) is 0 Å². The van der Waals surface area contributed by atoms with Gasteiger partial charge < -0.3 is 4.52 Å². The fraction of sp³-hybridized carbons (Fsp3) is 0.125. The summed E-state index contributed by atoms with van der Waals surface area (Å²) in [6.07, 6.45) is 3.35. The lowest BCUT2D eigenvalue weighted by Gasteiger charge is -1.89. The van der Waals surface area contributed by atoms with Crippen molar-refractivity contribution in [2.45, 2.75) is 5.88 Å². The van der Waals surface area contributed by atoms with Gasteiger partial charge in [0, 0.05) is 18.0 Å². The van der Waals surface area contributed by atoms with Crippen molar-refractivity contribution < 1.29 is 4.52 Å². The van der Waals surface area contributed by atoms with Crippen LogP contribution in [0, 0.1) is 0 Å². The van der Waals surface area contributed by atoms with Crippen LogP contribution in [-0.2, 0) is 5.88 Å². The van der Waals surface area contributed by atoms with Gasteiger partial charge in [0.15, 0.2) is 0 Å². The predicted molar refractivity (Wildman–Crippen MR) is 54.3 cm³/mol. The molecule has 4 nitrogen and oxygen atoms in total. The van der Waals surface area contributed by atoms with Crippen molar-refractivity contribution in [2.75, 3.05) is 0 Å². The zero-order valence-electron chi connectivity index (χ0n) is 7.05. The van der Waals surface area contributed by atoms with E-state index in [-0.39, 0.29) is 18.3 Å². The minimum atomic E-state index is 0. The van der Waals surface area contributed by atoms with Crippen LogP contribution in [0.5, 0.6) is 0 Å². The molecule has 0 radical (unpaired) electrons. The summed E-state index contributed by atoms with van der Waals surface area (Å²) in [5.41, 5.74) is 0.870. The Kier molecular flexibility index (Phi) is 3.85. The number of rotatable bonds is 2. The first-order valence-corrected chi connectivity index (χ1v) is 4.22. The smallest absolute Gasteiger partial charge is 0.241 e. The highest BCUT2D eigenvalue weighted by molar-refractivity contribution is 6.16. The second kappa shape index (κ2) is 4.93. The fourth-order valence-corrected chi connectivity index (χ4v) is 1.04. The van der Waals surface area contributed by atoms with E-state index < -0.39 is 0 Å². The molecule has 0 aliphatic rings. The maximum Gasteiger partial charge on any atom is 0.241 e. The number of hydrogen-bond acceptors (Lipinski definition) is 4. The van der Waals surface area contributed by atoms with Gasteiger partial charge in [-0.1, -0.05) is 5.16 Å². The molecule has 0 aliphatic carbocycles. The molecule has 2 aromatic heterocycles. The lowest BCUT2D eigenvalue weighted by molar-refractivity contribution is 0.391. The number of pyridine rings is 1. The molecule has 0 aromatic carbocycles. The molecule has 0 amide bonds. The minimum absolute atomic E-state index is 0. The molecular weight excluding hydrogens is 225 g/mol. The van der Waals surface area contributed by atoms with Crippen LogP contribution in [0.4, 0.5) is 0 Å². The third-order valence-corrected chi connectivity index (χ3v) is 1.75. The van der Waals surface area contributed by atoms with Gasteiger partial charge in [-0.3, -0.25) is 4.98 Å². The molecule has 2 heterocycles. The minimum Gasteiger partial charge on any atom is -0.338 e. The zero-order chi connectivity index (χ0) is 9.10. The van der Waals surface area contributed by atoms with Gasteiger partial charge in [-0.25, -0.2) is 0 Å². The molecule has 0 fully saturated rings. The van der Waals surface area contributed by atoms with E-state index in [1.807, 2.05) is 12.1 Å². The second-order valence-corrected chi connectivity index (χ2v) is 2.65. The number of halogens is 2. The molecule has 6 heteroatoms. The predicted octanol–water partition coefficient (Wildman–Crippen LogP) is 2.29. The Bertz CT molecular complexity index is 390. The zero-order valence-corrected chi connectivity index (χ0v) is 8.63. The fourth-order valence-electron chi connectivity index (χ4n) is 0.927. The Morgan fingerprint density at radius 3 is 2.57 bits per heavy atom. The van der Waals surface area contributed by atoms with E-state index in [4.69, 9.17) is 16.1 Å². The van der Waals surface area contributed by atoms with Crippen molar-refractivity contribution in [2.24, 2.45) is 0 Å². The monoisotopic (exact) mass is 231 g/mol. The van der Waals surface area contributed by atoms with Crippen LogP contribution >= 0.6 is 24.0 Å². The Morgan fingerprint density at radius 2 is 2.00 bits per heavy atom. The summed E-state index contributed by atoms with van der Waals surface area (Å²) < 4.78 is 4.85. The van der Waals surface area contributed by atoms with E-state index in [1.54, 1.807) is 12.4 Å². The molecular formula is C8H7Cl2N3O. The molecule has 0 N–H and O–H groups in total. The molecule has 0 atom stereocenters. The summed E-state index contributed by atoms with van der Waals surface area (Å²) in [6.45, 7) is 0. The molecule has 0 saturated carbocycles. The standard InChI is InChI=1S/C8H6ClN3O.ClH/c9-5-7-11-8(12-13-7)6-1-3-10-4-2-6;/h1-4H,5H2;1H. The molecule has 2 aromatic rings. The summed E-state index contributed by atoms with van der Waals surface area (Å²) in [5.74, 6) is 1.20. The summed E-state index contributed by atoms with van der Waals surface area (Å²) >= 11 is 5.52. The van der Waals surface area contributed by atoms with Gasteiger partial charge in [0.2, 0.25) is 11.7 Å². The van der Waals surface area contributed by atoms with E-state index in [0.29, 0.717) is 11.7 Å². The summed E-state index contributed by atoms with van der Waals surface area (Å²) in [6, 6.07) is 3.62. The number of hydrogen-bond donors (Lipinski definition) is 0. The molecule has 0 saturated heterocycles. The highest BCUT2D eigenvalue weighted by atomic mass is 35.5. The average molecular weight is 232 g/mol. The molecule has 0 unspecified atom stereocenters. The van der Waals surface area contributed by atoms with Crippen molar-refractivity contribution in [1.82, 2.24) is 15.1 Å². The number of nitrogens with zero attached hydrogens (tertiary/aromatic N) is 3. The van der Waals surface area contributed by atoms with Gasteiger partial charge in [0.1, 0.15) is 5.88 Å². The first kappa shape index (κ1) is 10.9. The van der Waals surface area contributed by atoms with Crippen LogP contribution in [-0.4, -0.2) is 15.1 Å². The van der Waals surface area contributed by atoms with Gasteiger partial charge in [-0.05, 0) is 12.1 Å². The third kappa shape index (κ3) is 2.21. The molecule has 14 heavy (non-hydrogen) atoms. The van der Waals surface area contributed by atoms with Crippen LogP contribution in [0.25, 0.3) is 11.4 Å². The third-order valence-electron chi connectivity index (χ3n) is 1.52. The Labute approximate surface area is 91.7 Å². The lowest BCUT2D eigenvalue weighted by Crippen LogP contribution is -1.81. The maximum atomic E-state index is 5.52. The van der Waals surface area contributed by atoms with E-state index in [2.05, 4.69) is 15.1 Å².